The SMILES string of the molecule is C[C@@]1(O)CC[C@@]2(C)C(CCC3C2CC[C@@]2(C)C3CC[C@@H]2c2cc(CO)on2)C1. The minimum absolute atomic E-state index is 0.0614. The fourth-order valence-electron chi connectivity index (χ4n) is 8.48. The molecule has 4 saturated carbocycles. The van der Waals surface area contributed by atoms with Crippen LogP contribution in [0.15, 0.2) is 10.6 Å². The van der Waals surface area contributed by atoms with E-state index in [2.05, 4.69) is 25.9 Å². The summed E-state index contributed by atoms with van der Waals surface area (Å²) in [5.74, 6) is 4.20. The fraction of sp³-hybridized carbons (Fsp3) is 0.875. The van der Waals surface area contributed by atoms with Crippen molar-refractivity contribution in [1.82, 2.24) is 5.16 Å². The van der Waals surface area contributed by atoms with Crippen LogP contribution in [0.2, 0.25) is 0 Å². The molecule has 1 aromatic heterocycles. The predicted molar refractivity (Wildman–Crippen MR) is 108 cm³/mol. The van der Waals surface area contributed by atoms with Gasteiger partial charge < -0.3 is 14.7 Å². The molecule has 0 radical (unpaired) electrons. The van der Waals surface area contributed by atoms with Crippen LogP contribution >= 0.6 is 0 Å². The summed E-state index contributed by atoms with van der Waals surface area (Å²) >= 11 is 0. The molecule has 4 nitrogen and oxygen atoms in total. The highest BCUT2D eigenvalue weighted by Crippen LogP contribution is 2.69. The lowest BCUT2D eigenvalue weighted by molar-refractivity contribution is -0.143. The number of aromatic nitrogens is 1. The van der Waals surface area contributed by atoms with Gasteiger partial charge in [0.25, 0.3) is 0 Å². The zero-order chi connectivity index (χ0) is 19.7. The zero-order valence-corrected chi connectivity index (χ0v) is 17.8. The van der Waals surface area contributed by atoms with Crippen molar-refractivity contribution in [3.8, 4) is 0 Å². The molecule has 156 valence electrons. The molecule has 1 aromatic rings. The summed E-state index contributed by atoms with van der Waals surface area (Å²) in [5, 5.41) is 24.4. The molecule has 0 spiro atoms. The second-order valence-corrected chi connectivity index (χ2v) is 11.4. The summed E-state index contributed by atoms with van der Waals surface area (Å²) in [6.07, 6.45) is 10.9. The highest BCUT2D eigenvalue weighted by molar-refractivity contribution is 5.20. The van der Waals surface area contributed by atoms with E-state index in [1.807, 2.05) is 6.07 Å². The van der Waals surface area contributed by atoms with E-state index in [4.69, 9.17) is 4.52 Å². The molecule has 0 bridgehead atoms. The van der Waals surface area contributed by atoms with Gasteiger partial charge in [-0.15, -0.1) is 0 Å². The molecule has 1 heterocycles. The van der Waals surface area contributed by atoms with Crippen molar-refractivity contribution in [3.05, 3.63) is 17.5 Å². The maximum Gasteiger partial charge on any atom is 0.162 e. The topological polar surface area (TPSA) is 66.5 Å². The van der Waals surface area contributed by atoms with Gasteiger partial charge in [-0.2, -0.15) is 0 Å². The Bertz CT molecular complexity index is 742. The molecule has 0 aliphatic heterocycles. The molecule has 4 unspecified atom stereocenters. The summed E-state index contributed by atoms with van der Waals surface area (Å²) in [5.41, 5.74) is 1.35. The monoisotopic (exact) mass is 387 g/mol. The Labute approximate surface area is 169 Å². The number of hydrogen-bond acceptors (Lipinski definition) is 4. The fourth-order valence-corrected chi connectivity index (χ4v) is 8.48. The third-order valence-corrected chi connectivity index (χ3v) is 10.0. The minimum atomic E-state index is -0.448. The quantitative estimate of drug-likeness (QED) is 0.746. The number of nitrogens with zero attached hydrogens (tertiary/aromatic N) is 1. The number of hydrogen-bond donors (Lipinski definition) is 2. The summed E-state index contributed by atoms with van der Waals surface area (Å²) in [7, 11) is 0. The summed E-state index contributed by atoms with van der Waals surface area (Å²) in [4.78, 5) is 0. The van der Waals surface area contributed by atoms with Crippen molar-refractivity contribution >= 4 is 0 Å². The number of aliphatic hydroxyl groups excluding tert-OH is 1. The summed E-state index contributed by atoms with van der Waals surface area (Å²) in [6.45, 7) is 7.06. The molecule has 2 N–H and O–H groups in total. The first kappa shape index (κ1) is 19.1. The van der Waals surface area contributed by atoms with Crippen molar-refractivity contribution in [2.24, 2.45) is 34.5 Å². The van der Waals surface area contributed by atoms with Crippen LogP contribution in [-0.2, 0) is 6.61 Å². The van der Waals surface area contributed by atoms with E-state index in [0.717, 1.165) is 36.3 Å². The number of rotatable bonds is 2. The molecule has 4 heteroatoms. The van der Waals surface area contributed by atoms with Crippen LogP contribution in [0.1, 0.15) is 95.9 Å². The van der Waals surface area contributed by atoms with Gasteiger partial charge in [0.1, 0.15) is 6.61 Å². The molecule has 28 heavy (non-hydrogen) atoms. The van der Waals surface area contributed by atoms with Gasteiger partial charge in [-0.1, -0.05) is 19.0 Å². The maximum absolute atomic E-state index is 10.7. The Morgan fingerprint density at radius 3 is 2.54 bits per heavy atom. The molecule has 0 aromatic carbocycles. The van der Waals surface area contributed by atoms with Crippen LogP contribution in [0, 0.1) is 34.5 Å². The molecule has 4 aliphatic carbocycles. The molecule has 4 fully saturated rings. The van der Waals surface area contributed by atoms with Crippen LogP contribution in [0.5, 0.6) is 0 Å². The Balaban J connectivity index is 1.41. The largest absolute Gasteiger partial charge is 0.390 e. The van der Waals surface area contributed by atoms with Crippen molar-refractivity contribution < 1.29 is 14.7 Å². The van der Waals surface area contributed by atoms with E-state index in [1.54, 1.807) is 0 Å². The molecule has 0 amide bonds. The van der Waals surface area contributed by atoms with Crippen LogP contribution in [0.25, 0.3) is 0 Å². The van der Waals surface area contributed by atoms with Gasteiger partial charge in [-0.25, -0.2) is 0 Å². The van der Waals surface area contributed by atoms with Gasteiger partial charge in [0, 0.05) is 12.0 Å². The minimum Gasteiger partial charge on any atom is -0.390 e. The van der Waals surface area contributed by atoms with Crippen LogP contribution in [-0.4, -0.2) is 21.0 Å². The second-order valence-electron chi connectivity index (χ2n) is 11.4. The van der Waals surface area contributed by atoms with E-state index in [9.17, 15) is 10.2 Å². The van der Waals surface area contributed by atoms with Gasteiger partial charge in [0.05, 0.1) is 11.3 Å². The lowest BCUT2D eigenvalue weighted by atomic mass is 9.44. The molecular weight excluding hydrogens is 350 g/mol. The average Bonchev–Trinajstić information content (AvgIpc) is 3.25. The van der Waals surface area contributed by atoms with Crippen molar-refractivity contribution in [2.75, 3.05) is 0 Å². The van der Waals surface area contributed by atoms with Crippen LogP contribution in [0.3, 0.4) is 0 Å². The van der Waals surface area contributed by atoms with Crippen molar-refractivity contribution in [2.45, 2.75) is 96.7 Å². The van der Waals surface area contributed by atoms with E-state index >= 15 is 0 Å². The van der Waals surface area contributed by atoms with E-state index in [1.165, 1.54) is 44.9 Å². The molecule has 5 rings (SSSR count). The average molecular weight is 388 g/mol. The molecule has 0 saturated heterocycles. The van der Waals surface area contributed by atoms with Crippen molar-refractivity contribution in [1.29, 1.82) is 0 Å². The van der Waals surface area contributed by atoms with Gasteiger partial charge in [0.15, 0.2) is 5.76 Å². The second kappa shape index (κ2) is 6.31. The first-order valence-electron chi connectivity index (χ1n) is 11.6. The third-order valence-electron chi connectivity index (χ3n) is 10.0. The summed E-state index contributed by atoms with van der Waals surface area (Å²) < 4.78 is 5.34. The number of fused-ring (bicyclic) bond motifs is 5. The third kappa shape index (κ3) is 2.66. The van der Waals surface area contributed by atoms with Crippen LogP contribution < -0.4 is 0 Å². The standard InChI is InChI=1S/C24H37NO3/c1-22(27)10-11-23(2)15(13-22)4-5-17-18-6-7-20(21-12-16(14-26)28-25-21)24(18,3)9-8-19(17)23/h12,15,17-20,26-27H,4-11,13-14H2,1-3H3/t15?,17?,18?,19?,20-,22-,23+,24+/m1/s1. The molecule has 4 aliphatic rings. The smallest absolute Gasteiger partial charge is 0.162 e. The lowest BCUT2D eigenvalue weighted by Crippen LogP contribution is -2.55. The van der Waals surface area contributed by atoms with E-state index in [-0.39, 0.29) is 6.61 Å². The Morgan fingerprint density at radius 1 is 1.00 bits per heavy atom. The lowest BCUT2D eigenvalue weighted by Gasteiger charge is -2.61. The van der Waals surface area contributed by atoms with E-state index < -0.39 is 5.60 Å². The first-order chi connectivity index (χ1) is 13.3. The highest BCUT2D eigenvalue weighted by atomic mass is 16.5. The van der Waals surface area contributed by atoms with Gasteiger partial charge in [0.2, 0.25) is 0 Å². The van der Waals surface area contributed by atoms with Gasteiger partial charge >= 0.3 is 0 Å². The maximum atomic E-state index is 10.7. The summed E-state index contributed by atoms with van der Waals surface area (Å²) in [6, 6.07) is 1.99. The Morgan fingerprint density at radius 2 is 1.79 bits per heavy atom. The van der Waals surface area contributed by atoms with Crippen LogP contribution in [0.4, 0.5) is 0 Å². The van der Waals surface area contributed by atoms with Gasteiger partial charge in [-0.05, 0) is 99.2 Å². The molecule has 8 atom stereocenters. The highest BCUT2D eigenvalue weighted by Gasteiger charge is 2.61. The van der Waals surface area contributed by atoms with E-state index in [0.29, 0.717) is 28.4 Å². The normalized spacial score (nSPS) is 50.7. The predicted octanol–water partition coefficient (Wildman–Crippen LogP) is 5.04. The Kier molecular flexibility index (Phi) is 4.31. The number of aliphatic hydroxyl groups is 2. The Hall–Kier alpha value is -0.870. The molecular formula is C24H37NO3. The first-order valence-corrected chi connectivity index (χ1v) is 11.6. The zero-order valence-electron chi connectivity index (χ0n) is 17.8. The van der Waals surface area contributed by atoms with Gasteiger partial charge in [-0.3, -0.25) is 0 Å². The van der Waals surface area contributed by atoms with Crippen molar-refractivity contribution in [3.63, 3.8) is 0 Å².